The Hall–Kier alpha value is -1.47. The van der Waals surface area contributed by atoms with Crippen LogP contribution in [0.15, 0.2) is 47.6 Å². The fourth-order valence-corrected chi connectivity index (χ4v) is 4.07. The molecule has 0 fully saturated rings. The Kier molecular flexibility index (Phi) is 6.12. The lowest BCUT2D eigenvalue weighted by molar-refractivity contribution is 0.177. The number of benzene rings is 1. The third kappa shape index (κ3) is 4.29. The van der Waals surface area contributed by atoms with Crippen molar-refractivity contribution in [1.29, 1.82) is 0 Å². The number of halogens is 1. The zero-order chi connectivity index (χ0) is 16.9. The third-order valence-corrected chi connectivity index (χ3v) is 5.86. The Morgan fingerprint density at radius 2 is 2.04 bits per heavy atom. The summed E-state index contributed by atoms with van der Waals surface area (Å²) < 4.78 is 32.4. The van der Waals surface area contributed by atoms with Gasteiger partial charge in [-0.25, -0.2) is 8.42 Å². The van der Waals surface area contributed by atoms with Crippen molar-refractivity contribution in [1.82, 2.24) is 9.29 Å². The van der Waals surface area contributed by atoms with Gasteiger partial charge in [-0.1, -0.05) is 23.7 Å². The summed E-state index contributed by atoms with van der Waals surface area (Å²) in [5.41, 5.74) is 1.36. The number of ether oxygens (including phenoxy) is 1. The lowest BCUT2D eigenvalue weighted by atomic mass is 10.2. The Labute approximate surface area is 141 Å². The summed E-state index contributed by atoms with van der Waals surface area (Å²) in [5.74, 6) is 0. The number of pyridine rings is 1. The molecule has 5 nitrogen and oxygen atoms in total. The summed E-state index contributed by atoms with van der Waals surface area (Å²) >= 11 is 6.07. The fraction of sp³-hybridized carbons (Fsp3) is 0.312. The molecule has 0 amide bonds. The van der Waals surface area contributed by atoms with Crippen LogP contribution in [0.25, 0.3) is 0 Å². The minimum absolute atomic E-state index is 0.213. The first-order chi connectivity index (χ1) is 11.0. The minimum Gasteiger partial charge on any atom is -0.383 e. The quantitative estimate of drug-likeness (QED) is 0.767. The third-order valence-electron chi connectivity index (χ3n) is 3.46. The molecule has 1 heterocycles. The smallest absolute Gasteiger partial charge is 0.243 e. The molecule has 2 rings (SSSR count). The van der Waals surface area contributed by atoms with Crippen molar-refractivity contribution in [2.24, 2.45) is 0 Å². The Balaban J connectivity index is 2.38. The van der Waals surface area contributed by atoms with Crippen molar-refractivity contribution in [3.05, 3.63) is 58.9 Å². The van der Waals surface area contributed by atoms with Crippen LogP contribution in [0.1, 0.15) is 11.1 Å². The van der Waals surface area contributed by atoms with Crippen LogP contribution in [0.4, 0.5) is 0 Å². The Morgan fingerprint density at radius 1 is 1.26 bits per heavy atom. The van der Waals surface area contributed by atoms with E-state index in [0.29, 0.717) is 17.2 Å². The van der Waals surface area contributed by atoms with E-state index in [1.54, 1.807) is 50.7 Å². The van der Waals surface area contributed by atoms with Gasteiger partial charge in [0.25, 0.3) is 0 Å². The molecule has 124 valence electrons. The van der Waals surface area contributed by atoms with Gasteiger partial charge in [0.05, 0.1) is 11.5 Å². The van der Waals surface area contributed by atoms with Crippen LogP contribution in [0.5, 0.6) is 0 Å². The average Bonchev–Trinajstić information content (AvgIpc) is 2.54. The van der Waals surface area contributed by atoms with Crippen molar-refractivity contribution in [3.8, 4) is 0 Å². The molecule has 0 unspecified atom stereocenters. The maximum atomic E-state index is 13.0. The molecule has 0 bridgehead atoms. The van der Waals surface area contributed by atoms with E-state index in [1.807, 2.05) is 6.07 Å². The summed E-state index contributed by atoms with van der Waals surface area (Å²) in [6, 6.07) is 8.51. The van der Waals surface area contributed by atoms with Gasteiger partial charge in [-0.2, -0.15) is 4.31 Å². The predicted octanol–water partition coefficient (Wildman–Crippen LogP) is 2.88. The van der Waals surface area contributed by atoms with Crippen LogP contribution in [0.3, 0.4) is 0 Å². The monoisotopic (exact) mass is 354 g/mol. The lowest BCUT2D eigenvalue weighted by Gasteiger charge is -2.23. The molecule has 2 aromatic rings. The standard InChI is InChI=1S/C16H19ClN2O3S/c1-13-15(17)6-3-7-16(13)23(20,21)19(9-10-22-2)12-14-5-4-8-18-11-14/h3-8,11H,9-10,12H2,1-2H3. The van der Waals surface area contributed by atoms with E-state index in [9.17, 15) is 8.42 Å². The largest absolute Gasteiger partial charge is 0.383 e. The normalized spacial score (nSPS) is 11.8. The molecule has 23 heavy (non-hydrogen) atoms. The molecule has 7 heteroatoms. The van der Waals surface area contributed by atoms with Gasteiger partial charge < -0.3 is 4.74 Å². The van der Waals surface area contributed by atoms with Crippen LogP contribution in [-0.2, 0) is 21.3 Å². The van der Waals surface area contributed by atoms with Gasteiger partial charge in [0.2, 0.25) is 10.0 Å². The summed E-state index contributed by atoms with van der Waals surface area (Å²) in [6.07, 6.45) is 3.30. The molecule has 1 aromatic carbocycles. The number of hydrogen-bond donors (Lipinski definition) is 0. The van der Waals surface area contributed by atoms with E-state index in [2.05, 4.69) is 4.98 Å². The number of sulfonamides is 1. The van der Waals surface area contributed by atoms with E-state index < -0.39 is 10.0 Å². The predicted molar refractivity (Wildman–Crippen MR) is 89.9 cm³/mol. The topological polar surface area (TPSA) is 59.5 Å². The van der Waals surface area contributed by atoms with Crippen LogP contribution in [0, 0.1) is 6.92 Å². The van der Waals surface area contributed by atoms with Crippen LogP contribution in [-0.4, -0.2) is 38.0 Å². The molecule has 0 spiro atoms. The second kappa shape index (κ2) is 7.88. The van der Waals surface area contributed by atoms with Crippen molar-refractivity contribution in [2.45, 2.75) is 18.4 Å². The van der Waals surface area contributed by atoms with Crippen LogP contribution >= 0.6 is 11.6 Å². The fourth-order valence-electron chi connectivity index (χ4n) is 2.18. The van der Waals surface area contributed by atoms with Gasteiger partial charge >= 0.3 is 0 Å². The molecule has 0 aliphatic heterocycles. The Bertz CT molecular complexity index is 751. The van der Waals surface area contributed by atoms with Gasteiger partial charge in [0.1, 0.15) is 0 Å². The highest BCUT2D eigenvalue weighted by Gasteiger charge is 2.26. The number of methoxy groups -OCH3 is 1. The highest BCUT2D eigenvalue weighted by Crippen LogP contribution is 2.26. The average molecular weight is 355 g/mol. The number of hydrogen-bond acceptors (Lipinski definition) is 4. The molecule has 1 aromatic heterocycles. The van der Waals surface area contributed by atoms with Crippen LogP contribution < -0.4 is 0 Å². The number of aromatic nitrogens is 1. The highest BCUT2D eigenvalue weighted by atomic mass is 35.5. The van der Waals surface area contributed by atoms with E-state index in [1.165, 1.54) is 4.31 Å². The molecule has 0 aliphatic rings. The first-order valence-corrected chi connectivity index (χ1v) is 8.91. The van der Waals surface area contributed by atoms with Gasteiger partial charge in [0.15, 0.2) is 0 Å². The number of rotatable bonds is 7. The van der Waals surface area contributed by atoms with E-state index in [0.717, 1.165) is 5.56 Å². The molecule has 0 atom stereocenters. The molecule has 0 aliphatic carbocycles. The maximum Gasteiger partial charge on any atom is 0.243 e. The molecule has 0 radical (unpaired) electrons. The maximum absolute atomic E-state index is 13.0. The SMILES string of the molecule is COCCN(Cc1cccnc1)S(=O)(=O)c1cccc(Cl)c1C. The first kappa shape index (κ1) is 17.9. The molecule has 0 saturated heterocycles. The summed E-state index contributed by atoms with van der Waals surface area (Å²) in [5, 5.41) is 0.430. The Morgan fingerprint density at radius 3 is 2.70 bits per heavy atom. The van der Waals surface area contributed by atoms with E-state index in [-0.39, 0.29) is 18.0 Å². The van der Waals surface area contributed by atoms with Gasteiger partial charge in [-0.05, 0) is 36.2 Å². The summed E-state index contributed by atoms with van der Waals surface area (Å²) in [7, 11) is -2.14. The second-order valence-electron chi connectivity index (χ2n) is 5.06. The highest BCUT2D eigenvalue weighted by molar-refractivity contribution is 7.89. The van der Waals surface area contributed by atoms with Crippen molar-refractivity contribution in [2.75, 3.05) is 20.3 Å². The zero-order valence-corrected chi connectivity index (χ0v) is 14.6. The minimum atomic E-state index is -3.68. The second-order valence-corrected chi connectivity index (χ2v) is 7.37. The lowest BCUT2D eigenvalue weighted by Crippen LogP contribution is -2.34. The number of nitrogens with zero attached hydrogens (tertiary/aromatic N) is 2. The van der Waals surface area contributed by atoms with E-state index in [4.69, 9.17) is 16.3 Å². The van der Waals surface area contributed by atoms with Gasteiger partial charge in [-0.15, -0.1) is 0 Å². The molecule has 0 saturated carbocycles. The van der Waals surface area contributed by atoms with Crippen molar-refractivity contribution >= 4 is 21.6 Å². The van der Waals surface area contributed by atoms with Crippen molar-refractivity contribution < 1.29 is 13.2 Å². The molecule has 0 N–H and O–H groups in total. The van der Waals surface area contributed by atoms with Crippen molar-refractivity contribution in [3.63, 3.8) is 0 Å². The molecular formula is C16H19ClN2O3S. The summed E-state index contributed by atoms with van der Waals surface area (Å²) in [4.78, 5) is 4.24. The van der Waals surface area contributed by atoms with Crippen LogP contribution in [0.2, 0.25) is 5.02 Å². The first-order valence-electron chi connectivity index (χ1n) is 7.10. The zero-order valence-electron chi connectivity index (χ0n) is 13.1. The van der Waals surface area contributed by atoms with Gasteiger partial charge in [0, 0.05) is 37.6 Å². The van der Waals surface area contributed by atoms with E-state index >= 15 is 0 Å². The summed E-state index contributed by atoms with van der Waals surface area (Å²) in [6.45, 7) is 2.48. The molecular weight excluding hydrogens is 336 g/mol. The van der Waals surface area contributed by atoms with Gasteiger partial charge in [-0.3, -0.25) is 4.98 Å².